The normalized spacial score (nSPS) is 9.81. The van der Waals surface area contributed by atoms with Crippen molar-refractivity contribution in [1.82, 2.24) is 0 Å². The van der Waals surface area contributed by atoms with E-state index in [0.29, 0.717) is 0 Å². The van der Waals surface area contributed by atoms with E-state index < -0.39 is 6.10 Å². The molecule has 16 heavy (non-hydrogen) atoms. The molecule has 4 heteroatoms. The number of aliphatic hydroxyl groups is 3. The van der Waals surface area contributed by atoms with Gasteiger partial charge in [0.15, 0.2) is 0 Å². The minimum Gasteiger partial charge on any atom is -0.394 e. The third kappa shape index (κ3) is 8.38. The third-order valence-electron chi connectivity index (χ3n) is 1.74. The van der Waals surface area contributed by atoms with Crippen LogP contribution in [0.15, 0.2) is 30.3 Å². The number of rotatable bonds is 5. The summed E-state index contributed by atoms with van der Waals surface area (Å²) < 4.78 is 5.22. The number of hydrogen-bond acceptors (Lipinski definition) is 4. The first-order valence-electron chi connectivity index (χ1n) is 5.26. The van der Waals surface area contributed by atoms with Crippen molar-refractivity contribution in [3.63, 3.8) is 0 Å². The minimum atomic E-state index is -0.954. The summed E-state index contributed by atoms with van der Waals surface area (Å²) in [5, 5.41) is 24.0. The molecule has 0 radical (unpaired) electrons. The van der Waals surface area contributed by atoms with E-state index in [2.05, 4.69) is 12.1 Å². The van der Waals surface area contributed by atoms with Crippen molar-refractivity contribution in [2.75, 3.05) is 19.8 Å². The van der Waals surface area contributed by atoms with E-state index in [4.69, 9.17) is 20.1 Å². The summed E-state index contributed by atoms with van der Waals surface area (Å²) in [7, 11) is 0. The van der Waals surface area contributed by atoms with Gasteiger partial charge in [-0.3, -0.25) is 0 Å². The van der Waals surface area contributed by atoms with E-state index in [9.17, 15) is 0 Å². The van der Waals surface area contributed by atoms with Crippen LogP contribution in [0.4, 0.5) is 0 Å². The Balaban J connectivity index is 0.000000325. The molecule has 4 nitrogen and oxygen atoms in total. The fourth-order valence-electron chi connectivity index (χ4n) is 0.852. The van der Waals surface area contributed by atoms with Crippen molar-refractivity contribution < 1.29 is 20.1 Å². The van der Waals surface area contributed by atoms with Crippen LogP contribution in [-0.2, 0) is 11.3 Å². The van der Waals surface area contributed by atoms with E-state index in [1.54, 1.807) is 0 Å². The van der Waals surface area contributed by atoms with E-state index >= 15 is 0 Å². The van der Waals surface area contributed by atoms with Crippen molar-refractivity contribution in [2.45, 2.75) is 19.6 Å². The molecule has 1 rings (SSSR count). The minimum absolute atomic E-state index is 0.365. The monoisotopic (exact) mass is 228 g/mol. The molecule has 0 fully saturated rings. The first kappa shape index (κ1) is 15.1. The van der Waals surface area contributed by atoms with Crippen molar-refractivity contribution in [3.05, 3.63) is 35.9 Å². The van der Waals surface area contributed by atoms with Crippen LogP contribution in [-0.4, -0.2) is 41.2 Å². The molecule has 0 atom stereocenters. The molecule has 92 valence electrons. The van der Waals surface area contributed by atoms with Gasteiger partial charge in [0.2, 0.25) is 0 Å². The molecule has 0 aliphatic carbocycles. The summed E-state index contributed by atoms with van der Waals surface area (Å²) in [5.74, 6) is 0. The van der Waals surface area contributed by atoms with E-state index in [-0.39, 0.29) is 13.2 Å². The van der Waals surface area contributed by atoms with Crippen molar-refractivity contribution in [1.29, 1.82) is 0 Å². The summed E-state index contributed by atoms with van der Waals surface area (Å²) in [6, 6.07) is 10.2. The third-order valence-corrected chi connectivity index (χ3v) is 1.74. The average Bonchev–Trinajstić information content (AvgIpc) is 2.37. The largest absolute Gasteiger partial charge is 0.394 e. The molecule has 0 saturated heterocycles. The maximum Gasteiger partial charge on any atom is 0.100 e. The topological polar surface area (TPSA) is 69.9 Å². The van der Waals surface area contributed by atoms with Gasteiger partial charge in [-0.05, 0) is 12.5 Å². The van der Waals surface area contributed by atoms with Crippen LogP contribution in [0.3, 0.4) is 0 Å². The van der Waals surface area contributed by atoms with Crippen LogP contribution in [0.1, 0.15) is 12.5 Å². The highest BCUT2D eigenvalue weighted by molar-refractivity contribution is 5.13. The second-order valence-electron chi connectivity index (χ2n) is 3.14. The van der Waals surface area contributed by atoms with Crippen LogP contribution in [0, 0.1) is 0 Å². The van der Waals surface area contributed by atoms with Crippen molar-refractivity contribution >= 4 is 0 Å². The number of aliphatic hydroxyl groups excluding tert-OH is 3. The highest BCUT2D eigenvalue weighted by atomic mass is 16.5. The fraction of sp³-hybridized carbons (Fsp3) is 0.500. The Morgan fingerprint density at radius 2 is 1.69 bits per heavy atom. The lowest BCUT2D eigenvalue weighted by molar-refractivity contribution is 0.0450. The Morgan fingerprint density at radius 3 is 2.06 bits per heavy atom. The molecule has 0 aliphatic heterocycles. The van der Waals surface area contributed by atoms with Crippen LogP contribution >= 0.6 is 0 Å². The molecule has 0 heterocycles. The highest BCUT2D eigenvalue weighted by Crippen LogP contribution is 1.99. The molecule has 0 spiro atoms. The average molecular weight is 228 g/mol. The molecular formula is C12H20O4. The van der Waals surface area contributed by atoms with Gasteiger partial charge < -0.3 is 20.1 Å². The van der Waals surface area contributed by atoms with Crippen molar-refractivity contribution in [3.8, 4) is 0 Å². The lowest BCUT2D eigenvalue weighted by Gasteiger charge is -1.98. The quantitative estimate of drug-likeness (QED) is 0.688. The zero-order valence-electron chi connectivity index (χ0n) is 9.54. The Bertz CT molecular complexity index is 234. The van der Waals surface area contributed by atoms with E-state index in [1.807, 2.05) is 25.1 Å². The Hall–Kier alpha value is -0.940. The lowest BCUT2D eigenvalue weighted by Crippen LogP contribution is -2.15. The molecular weight excluding hydrogens is 208 g/mol. The molecule has 0 saturated carbocycles. The number of benzene rings is 1. The second kappa shape index (κ2) is 10.6. The summed E-state index contributed by atoms with van der Waals surface area (Å²) in [6.45, 7) is 2.79. The van der Waals surface area contributed by atoms with Crippen LogP contribution in [0.5, 0.6) is 0 Å². The Kier molecular flexibility index (Phi) is 9.95. The van der Waals surface area contributed by atoms with Crippen LogP contribution in [0.25, 0.3) is 0 Å². The fourth-order valence-corrected chi connectivity index (χ4v) is 0.852. The lowest BCUT2D eigenvalue weighted by atomic mass is 10.2. The van der Waals surface area contributed by atoms with Gasteiger partial charge in [-0.15, -0.1) is 0 Å². The van der Waals surface area contributed by atoms with Gasteiger partial charge in [0.05, 0.1) is 19.8 Å². The number of hydrogen-bond donors (Lipinski definition) is 3. The molecule has 1 aromatic carbocycles. The van der Waals surface area contributed by atoms with Gasteiger partial charge in [-0.25, -0.2) is 0 Å². The summed E-state index contributed by atoms with van der Waals surface area (Å²) in [5.41, 5.74) is 1.24. The van der Waals surface area contributed by atoms with Gasteiger partial charge in [0.25, 0.3) is 0 Å². The van der Waals surface area contributed by atoms with Crippen LogP contribution in [0.2, 0.25) is 0 Å². The second-order valence-corrected chi connectivity index (χ2v) is 3.14. The standard InChI is InChI=1S/C9H12O.C3H8O3/c1-2-10-8-9-6-4-3-5-7-9;4-1-3(6)2-5/h3-7H,2,8H2,1H3;3-6H,1-2H2. The van der Waals surface area contributed by atoms with E-state index in [1.165, 1.54) is 5.56 Å². The van der Waals surface area contributed by atoms with E-state index in [0.717, 1.165) is 13.2 Å². The number of ether oxygens (including phenoxy) is 1. The maximum atomic E-state index is 8.17. The van der Waals surface area contributed by atoms with Gasteiger partial charge in [-0.2, -0.15) is 0 Å². The summed E-state index contributed by atoms with van der Waals surface area (Å²) in [6.07, 6.45) is -0.954. The first-order valence-corrected chi connectivity index (χ1v) is 5.26. The predicted molar refractivity (Wildman–Crippen MR) is 62.0 cm³/mol. The maximum absolute atomic E-state index is 8.17. The zero-order chi connectivity index (χ0) is 12.2. The smallest absolute Gasteiger partial charge is 0.100 e. The highest BCUT2D eigenvalue weighted by Gasteiger charge is 1.93. The first-order chi connectivity index (χ1) is 7.74. The molecule has 1 aromatic rings. The molecule has 0 bridgehead atoms. The van der Waals surface area contributed by atoms with Gasteiger partial charge in [0, 0.05) is 6.61 Å². The van der Waals surface area contributed by atoms with Gasteiger partial charge in [-0.1, -0.05) is 30.3 Å². The summed E-state index contributed by atoms with van der Waals surface area (Å²) >= 11 is 0. The molecule has 0 amide bonds. The van der Waals surface area contributed by atoms with Crippen LogP contribution < -0.4 is 0 Å². The van der Waals surface area contributed by atoms with Gasteiger partial charge in [0.1, 0.15) is 6.10 Å². The predicted octanol–water partition coefficient (Wildman–Crippen LogP) is 0.555. The molecule has 0 unspecified atom stereocenters. The zero-order valence-corrected chi connectivity index (χ0v) is 9.54. The van der Waals surface area contributed by atoms with Crippen molar-refractivity contribution in [2.24, 2.45) is 0 Å². The summed E-state index contributed by atoms with van der Waals surface area (Å²) in [4.78, 5) is 0. The Labute approximate surface area is 96.1 Å². The SMILES string of the molecule is CCOCc1ccccc1.OCC(O)CO. The molecule has 3 N–H and O–H groups in total. The Morgan fingerprint density at radius 1 is 1.12 bits per heavy atom. The molecule has 0 aromatic heterocycles. The molecule has 0 aliphatic rings. The van der Waals surface area contributed by atoms with Gasteiger partial charge >= 0.3 is 0 Å².